The highest BCUT2D eigenvalue weighted by atomic mass is 16.5. The molecule has 5 heteroatoms. The third kappa shape index (κ3) is 3.97. The van der Waals surface area contributed by atoms with E-state index in [1.807, 2.05) is 0 Å². The maximum atomic E-state index is 12.8. The lowest BCUT2D eigenvalue weighted by Crippen LogP contribution is -2.48. The third-order valence-corrected chi connectivity index (χ3v) is 4.28. The fourth-order valence-electron chi connectivity index (χ4n) is 2.78. The number of carbonyl (C=O) groups excluding carboxylic acids is 1. The maximum absolute atomic E-state index is 12.8. The van der Waals surface area contributed by atoms with Crippen molar-refractivity contribution in [2.45, 2.75) is 51.6 Å². The Kier molecular flexibility index (Phi) is 5.77. The first-order valence-electron chi connectivity index (χ1n) is 8.05. The predicted octanol–water partition coefficient (Wildman–Crippen LogP) is 3.40. The van der Waals surface area contributed by atoms with Crippen molar-refractivity contribution in [1.29, 1.82) is 0 Å². The maximum Gasteiger partial charge on any atom is 0.256 e. The molecule has 1 aliphatic carbocycles. The molecule has 0 aromatic carbocycles. The van der Waals surface area contributed by atoms with Crippen LogP contribution >= 0.6 is 0 Å². The van der Waals surface area contributed by atoms with Crippen LogP contribution in [0.1, 0.15) is 46.0 Å². The first-order chi connectivity index (χ1) is 10.6. The normalized spacial score (nSPS) is 24.8. The van der Waals surface area contributed by atoms with Crippen molar-refractivity contribution in [2.75, 3.05) is 19.0 Å². The van der Waals surface area contributed by atoms with Gasteiger partial charge in [-0.05, 0) is 44.1 Å². The van der Waals surface area contributed by atoms with Gasteiger partial charge in [-0.2, -0.15) is 0 Å². The number of hydrogen-bond acceptors (Lipinski definition) is 4. The Morgan fingerprint density at radius 3 is 2.68 bits per heavy atom. The summed E-state index contributed by atoms with van der Waals surface area (Å²) in [5.41, 5.74) is -0.0217. The number of nitrogens with zero attached hydrogens (tertiary/aromatic N) is 1. The van der Waals surface area contributed by atoms with Gasteiger partial charge in [-0.25, -0.2) is 4.98 Å². The minimum Gasteiger partial charge on any atom is -0.481 e. The molecule has 0 atom stereocenters. The van der Waals surface area contributed by atoms with Gasteiger partial charge in [-0.1, -0.05) is 13.8 Å². The first-order valence-corrected chi connectivity index (χ1v) is 8.05. The molecule has 0 radical (unpaired) electrons. The van der Waals surface area contributed by atoms with Gasteiger partial charge in [-0.15, -0.1) is 0 Å². The molecule has 122 valence electrons. The van der Waals surface area contributed by atoms with Crippen LogP contribution in [0.25, 0.3) is 0 Å². The van der Waals surface area contributed by atoms with E-state index < -0.39 is 5.60 Å². The summed E-state index contributed by atoms with van der Waals surface area (Å²) in [5, 5.41) is 2.95. The largest absolute Gasteiger partial charge is 0.481 e. The smallest absolute Gasteiger partial charge is 0.256 e. The van der Waals surface area contributed by atoms with Gasteiger partial charge in [0.1, 0.15) is 5.60 Å². The molecule has 0 saturated heterocycles. The second-order valence-corrected chi connectivity index (χ2v) is 6.07. The van der Waals surface area contributed by atoms with E-state index in [2.05, 4.69) is 24.1 Å². The molecule has 22 heavy (non-hydrogen) atoms. The van der Waals surface area contributed by atoms with Crippen LogP contribution in [0.15, 0.2) is 18.3 Å². The van der Waals surface area contributed by atoms with Crippen LogP contribution in [0.3, 0.4) is 0 Å². The molecule has 1 amide bonds. The fourth-order valence-corrected chi connectivity index (χ4v) is 2.78. The Morgan fingerprint density at radius 2 is 2.14 bits per heavy atom. The number of methoxy groups -OCH3 is 1. The number of anilines is 1. The van der Waals surface area contributed by atoms with Crippen LogP contribution in [-0.2, 0) is 9.53 Å². The van der Waals surface area contributed by atoms with Gasteiger partial charge in [0.2, 0.25) is 5.88 Å². The molecule has 1 fully saturated rings. The Labute approximate surface area is 132 Å². The fraction of sp³-hybridized carbons (Fsp3) is 0.647. The van der Waals surface area contributed by atoms with Gasteiger partial charge >= 0.3 is 0 Å². The molecule has 0 spiro atoms. The lowest BCUT2D eigenvalue weighted by atomic mass is 9.78. The van der Waals surface area contributed by atoms with Gasteiger partial charge < -0.3 is 14.8 Å². The molecular formula is C17H26N2O3. The molecule has 5 nitrogen and oxygen atoms in total. The summed E-state index contributed by atoms with van der Waals surface area (Å²) in [5.74, 6) is 1.13. The Balaban J connectivity index is 2.07. The van der Waals surface area contributed by atoms with Crippen molar-refractivity contribution >= 4 is 11.6 Å². The molecule has 1 aromatic heterocycles. The molecular weight excluding hydrogens is 280 g/mol. The van der Waals surface area contributed by atoms with E-state index in [1.54, 1.807) is 25.4 Å². The molecule has 1 saturated carbocycles. The monoisotopic (exact) mass is 306 g/mol. The third-order valence-electron chi connectivity index (χ3n) is 4.28. The molecule has 0 unspecified atom stereocenters. The van der Waals surface area contributed by atoms with Gasteiger partial charge in [0.05, 0.1) is 19.0 Å². The summed E-state index contributed by atoms with van der Waals surface area (Å²) >= 11 is 0. The summed E-state index contributed by atoms with van der Waals surface area (Å²) in [6.07, 6.45) is 6.13. The molecule has 0 aliphatic heterocycles. The molecule has 0 bridgehead atoms. The number of rotatable bonds is 6. The number of nitrogens with one attached hydrogen (secondary N) is 1. The minimum atomic E-state index is -0.692. The van der Waals surface area contributed by atoms with Crippen LogP contribution in [0.4, 0.5) is 5.69 Å². The quantitative estimate of drug-likeness (QED) is 0.875. The highest BCUT2D eigenvalue weighted by Gasteiger charge is 2.42. The summed E-state index contributed by atoms with van der Waals surface area (Å²) in [4.78, 5) is 16.9. The summed E-state index contributed by atoms with van der Waals surface area (Å²) in [7, 11) is 1.57. The van der Waals surface area contributed by atoms with E-state index in [4.69, 9.17) is 9.47 Å². The van der Waals surface area contributed by atoms with Crippen molar-refractivity contribution in [1.82, 2.24) is 4.98 Å². The number of amides is 1. The predicted molar refractivity (Wildman–Crippen MR) is 86.0 cm³/mol. The average molecular weight is 306 g/mol. The van der Waals surface area contributed by atoms with Gasteiger partial charge in [0, 0.05) is 12.7 Å². The van der Waals surface area contributed by atoms with Crippen molar-refractivity contribution in [3.8, 4) is 5.88 Å². The van der Waals surface area contributed by atoms with E-state index >= 15 is 0 Å². The van der Waals surface area contributed by atoms with Gasteiger partial charge in [0.25, 0.3) is 5.91 Å². The SMILES string of the molecule is CCCOC1(C(=O)Nc2ccc(OC)nc2)CCC(C)CC1. The van der Waals surface area contributed by atoms with Crippen molar-refractivity contribution < 1.29 is 14.3 Å². The Morgan fingerprint density at radius 1 is 1.41 bits per heavy atom. The standard InChI is InChI=1S/C17H26N2O3/c1-4-11-22-17(9-7-13(2)8-10-17)16(20)19-14-5-6-15(21-3)18-12-14/h5-6,12-13H,4,7-11H2,1-3H3,(H,19,20). The highest BCUT2D eigenvalue weighted by Crippen LogP contribution is 2.36. The number of aromatic nitrogens is 1. The zero-order valence-electron chi connectivity index (χ0n) is 13.7. The summed E-state index contributed by atoms with van der Waals surface area (Å²) in [6.45, 7) is 4.90. The molecule has 2 rings (SSSR count). The zero-order valence-corrected chi connectivity index (χ0v) is 13.7. The van der Waals surface area contributed by atoms with E-state index in [0.717, 1.165) is 32.1 Å². The zero-order chi connectivity index (χ0) is 16.0. The van der Waals surface area contributed by atoms with Crippen molar-refractivity contribution in [3.05, 3.63) is 18.3 Å². The minimum absolute atomic E-state index is 0.0557. The van der Waals surface area contributed by atoms with E-state index in [9.17, 15) is 4.79 Å². The van der Waals surface area contributed by atoms with Crippen LogP contribution in [0.5, 0.6) is 5.88 Å². The van der Waals surface area contributed by atoms with Crippen LogP contribution in [0.2, 0.25) is 0 Å². The van der Waals surface area contributed by atoms with Gasteiger partial charge in [0.15, 0.2) is 0 Å². The molecule has 1 N–H and O–H groups in total. The molecule has 1 heterocycles. The molecule has 1 aliphatic rings. The first kappa shape index (κ1) is 16.7. The lowest BCUT2D eigenvalue weighted by molar-refractivity contribution is -0.147. The van der Waals surface area contributed by atoms with Crippen molar-refractivity contribution in [2.24, 2.45) is 5.92 Å². The number of carbonyl (C=O) groups is 1. The Hall–Kier alpha value is -1.62. The second kappa shape index (κ2) is 7.58. The average Bonchev–Trinajstić information content (AvgIpc) is 2.55. The summed E-state index contributed by atoms with van der Waals surface area (Å²) in [6, 6.07) is 3.53. The lowest BCUT2D eigenvalue weighted by Gasteiger charge is -2.37. The highest BCUT2D eigenvalue weighted by molar-refractivity contribution is 5.97. The van der Waals surface area contributed by atoms with E-state index in [0.29, 0.717) is 24.1 Å². The topological polar surface area (TPSA) is 60.5 Å². The van der Waals surface area contributed by atoms with Crippen LogP contribution in [0, 0.1) is 5.92 Å². The molecule has 1 aromatic rings. The van der Waals surface area contributed by atoms with Crippen LogP contribution in [-0.4, -0.2) is 30.2 Å². The van der Waals surface area contributed by atoms with E-state index in [-0.39, 0.29) is 5.91 Å². The van der Waals surface area contributed by atoms with Crippen LogP contribution < -0.4 is 10.1 Å². The Bertz CT molecular complexity index is 474. The second-order valence-electron chi connectivity index (χ2n) is 6.07. The van der Waals surface area contributed by atoms with Gasteiger partial charge in [-0.3, -0.25) is 4.79 Å². The number of ether oxygens (including phenoxy) is 2. The summed E-state index contributed by atoms with van der Waals surface area (Å²) < 4.78 is 11.0. The number of pyridine rings is 1. The number of hydrogen-bond donors (Lipinski definition) is 1. The van der Waals surface area contributed by atoms with Crippen molar-refractivity contribution in [3.63, 3.8) is 0 Å². The van der Waals surface area contributed by atoms with E-state index in [1.165, 1.54) is 0 Å².